The van der Waals surface area contributed by atoms with E-state index in [2.05, 4.69) is 0 Å². The number of furan rings is 1. The minimum Gasteiger partial charge on any atom is -0.472 e. The molecule has 94 valence electrons. The lowest BCUT2D eigenvalue weighted by atomic mass is 9.85. The van der Waals surface area contributed by atoms with Gasteiger partial charge in [-0.15, -0.1) is 0 Å². The smallest absolute Gasteiger partial charge is 0.233 e. The second kappa shape index (κ2) is 4.28. The first-order chi connectivity index (χ1) is 8.66. The Morgan fingerprint density at radius 3 is 2.83 bits per heavy atom. The Morgan fingerprint density at radius 1 is 1.33 bits per heavy atom. The highest BCUT2D eigenvalue weighted by molar-refractivity contribution is 6.30. The van der Waals surface area contributed by atoms with Crippen LogP contribution in [-0.4, -0.2) is 16.7 Å². The molecule has 18 heavy (non-hydrogen) atoms. The van der Waals surface area contributed by atoms with Crippen molar-refractivity contribution in [2.75, 3.05) is 0 Å². The number of halogens is 1. The predicted molar refractivity (Wildman–Crippen MR) is 64.4 cm³/mol. The number of hydrogen-bond acceptors (Lipinski definition) is 3. The summed E-state index contributed by atoms with van der Waals surface area (Å²) in [5.41, 5.74) is 0.828. The summed E-state index contributed by atoms with van der Waals surface area (Å²) >= 11 is 5.95. The van der Waals surface area contributed by atoms with Crippen LogP contribution in [0, 0.1) is 11.8 Å². The van der Waals surface area contributed by atoms with Crippen LogP contribution in [0.4, 0.5) is 0 Å². The summed E-state index contributed by atoms with van der Waals surface area (Å²) in [7, 11) is 0. The Bertz CT molecular complexity index is 520. The molecule has 1 aromatic heterocycles. The number of carbonyl (C=O) groups is 2. The third-order valence-electron chi connectivity index (χ3n) is 3.58. The molecule has 3 rings (SSSR count). The van der Waals surface area contributed by atoms with E-state index in [-0.39, 0.29) is 23.7 Å². The van der Waals surface area contributed by atoms with Gasteiger partial charge < -0.3 is 4.42 Å². The van der Waals surface area contributed by atoms with E-state index in [0.717, 1.165) is 5.56 Å². The topological polar surface area (TPSA) is 50.5 Å². The molecule has 1 aromatic rings. The maximum absolute atomic E-state index is 12.2. The Labute approximate surface area is 109 Å². The van der Waals surface area contributed by atoms with Gasteiger partial charge in [-0.05, 0) is 18.9 Å². The minimum atomic E-state index is -0.276. The molecule has 2 amide bonds. The highest BCUT2D eigenvalue weighted by atomic mass is 35.5. The zero-order chi connectivity index (χ0) is 12.7. The van der Waals surface area contributed by atoms with Crippen LogP contribution in [0.2, 0.25) is 0 Å². The van der Waals surface area contributed by atoms with Gasteiger partial charge in [0, 0.05) is 10.6 Å². The molecular formula is C13H12ClNO3. The van der Waals surface area contributed by atoms with Crippen molar-refractivity contribution in [2.45, 2.75) is 19.4 Å². The largest absolute Gasteiger partial charge is 0.472 e. The van der Waals surface area contributed by atoms with Crippen molar-refractivity contribution < 1.29 is 14.0 Å². The van der Waals surface area contributed by atoms with Crippen LogP contribution in [0.3, 0.4) is 0 Å². The van der Waals surface area contributed by atoms with Crippen LogP contribution >= 0.6 is 11.6 Å². The van der Waals surface area contributed by atoms with E-state index in [0.29, 0.717) is 24.4 Å². The van der Waals surface area contributed by atoms with Crippen molar-refractivity contribution in [1.29, 1.82) is 0 Å². The summed E-state index contributed by atoms with van der Waals surface area (Å²) in [5.74, 6) is -0.710. The zero-order valence-corrected chi connectivity index (χ0v) is 10.4. The number of amides is 2. The third-order valence-corrected chi connectivity index (χ3v) is 3.89. The van der Waals surface area contributed by atoms with Crippen molar-refractivity contribution in [1.82, 2.24) is 4.90 Å². The van der Waals surface area contributed by atoms with Gasteiger partial charge in [-0.2, -0.15) is 0 Å². The number of rotatable bonds is 2. The fourth-order valence-corrected chi connectivity index (χ4v) is 2.87. The molecule has 2 aliphatic rings. The number of allylic oxidation sites excluding steroid dienone is 2. The van der Waals surface area contributed by atoms with Gasteiger partial charge in [-0.3, -0.25) is 14.5 Å². The first kappa shape index (κ1) is 11.5. The number of fused-ring (bicyclic) bond motifs is 1. The molecule has 0 bridgehead atoms. The molecule has 5 heteroatoms. The number of nitrogens with zero attached hydrogens (tertiary/aromatic N) is 1. The van der Waals surface area contributed by atoms with Crippen molar-refractivity contribution >= 4 is 23.4 Å². The van der Waals surface area contributed by atoms with Crippen LogP contribution in [0.25, 0.3) is 0 Å². The predicted octanol–water partition coefficient (Wildman–Crippen LogP) is 2.30. The van der Waals surface area contributed by atoms with Crippen molar-refractivity contribution in [3.63, 3.8) is 0 Å². The van der Waals surface area contributed by atoms with Crippen molar-refractivity contribution in [2.24, 2.45) is 11.8 Å². The van der Waals surface area contributed by atoms with E-state index in [1.807, 2.05) is 6.08 Å². The molecule has 0 radical (unpaired) electrons. The molecule has 1 saturated heterocycles. The molecule has 2 atom stereocenters. The molecule has 0 N–H and O–H groups in total. The second-order valence-electron chi connectivity index (χ2n) is 4.70. The Morgan fingerprint density at radius 2 is 2.11 bits per heavy atom. The normalized spacial score (nSPS) is 27.4. The SMILES string of the molecule is O=C1[C@H]2CC=C(Cl)C[C@H]2C(=O)N1Cc1ccoc1. The molecule has 2 heterocycles. The van der Waals surface area contributed by atoms with Crippen LogP contribution in [-0.2, 0) is 16.1 Å². The van der Waals surface area contributed by atoms with Gasteiger partial charge in [0.25, 0.3) is 0 Å². The lowest BCUT2D eigenvalue weighted by Gasteiger charge is -2.17. The second-order valence-corrected chi connectivity index (χ2v) is 5.18. The summed E-state index contributed by atoms with van der Waals surface area (Å²) in [4.78, 5) is 25.7. The molecule has 4 nitrogen and oxygen atoms in total. The third kappa shape index (κ3) is 1.77. The van der Waals surface area contributed by atoms with Crippen LogP contribution < -0.4 is 0 Å². The van der Waals surface area contributed by atoms with Crippen LogP contribution in [0.15, 0.2) is 34.1 Å². The monoisotopic (exact) mass is 265 g/mol. The highest BCUT2D eigenvalue weighted by Crippen LogP contribution is 2.39. The number of imide groups is 1. The summed E-state index contributed by atoms with van der Waals surface area (Å²) in [6, 6.07) is 1.76. The molecule has 1 aliphatic carbocycles. The summed E-state index contributed by atoms with van der Waals surface area (Å²) in [6.07, 6.45) is 5.98. The Hall–Kier alpha value is -1.55. The highest BCUT2D eigenvalue weighted by Gasteiger charge is 2.48. The Kier molecular flexibility index (Phi) is 2.74. The maximum Gasteiger partial charge on any atom is 0.233 e. The number of hydrogen-bond donors (Lipinski definition) is 0. The molecular weight excluding hydrogens is 254 g/mol. The van der Waals surface area contributed by atoms with Gasteiger partial charge in [0.05, 0.1) is 30.9 Å². The standard InChI is InChI=1S/C13H12ClNO3/c14-9-1-2-10-11(5-9)13(17)15(12(10)16)6-8-3-4-18-7-8/h1,3-4,7,10-11H,2,5-6H2/t10-,11+/m0/s1. The van der Waals surface area contributed by atoms with Gasteiger partial charge in [0.1, 0.15) is 0 Å². The molecule has 0 aromatic carbocycles. The first-order valence-corrected chi connectivity index (χ1v) is 6.25. The van der Waals surface area contributed by atoms with E-state index in [1.54, 1.807) is 12.3 Å². The van der Waals surface area contributed by atoms with Crippen LogP contribution in [0.1, 0.15) is 18.4 Å². The number of likely N-dealkylation sites (tertiary alicyclic amines) is 1. The molecule has 0 unspecified atom stereocenters. The zero-order valence-electron chi connectivity index (χ0n) is 9.64. The summed E-state index contributed by atoms with van der Waals surface area (Å²) < 4.78 is 4.95. The van der Waals surface area contributed by atoms with E-state index in [9.17, 15) is 9.59 Å². The van der Waals surface area contributed by atoms with E-state index in [1.165, 1.54) is 11.2 Å². The first-order valence-electron chi connectivity index (χ1n) is 5.87. The van der Waals surface area contributed by atoms with E-state index < -0.39 is 0 Å². The molecule has 0 saturated carbocycles. The quantitative estimate of drug-likeness (QED) is 0.771. The molecule has 1 fully saturated rings. The maximum atomic E-state index is 12.2. The van der Waals surface area contributed by atoms with Gasteiger partial charge in [0.15, 0.2) is 0 Å². The average molecular weight is 266 g/mol. The minimum absolute atomic E-state index is 0.0911. The van der Waals surface area contributed by atoms with Crippen LogP contribution in [0.5, 0.6) is 0 Å². The number of carbonyl (C=O) groups excluding carboxylic acids is 2. The Balaban J connectivity index is 1.82. The molecule has 0 spiro atoms. The fourth-order valence-electron chi connectivity index (χ4n) is 2.62. The molecule has 1 aliphatic heterocycles. The van der Waals surface area contributed by atoms with Gasteiger partial charge >= 0.3 is 0 Å². The summed E-state index contributed by atoms with van der Waals surface area (Å²) in [5, 5.41) is 0.683. The van der Waals surface area contributed by atoms with Gasteiger partial charge in [0.2, 0.25) is 11.8 Å². The van der Waals surface area contributed by atoms with Gasteiger partial charge in [-0.1, -0.05) is 17.7 Å². The lowest BCUT2D eigenvalue weighted by Crippen LogP contribution is -2.30. The average Bonchev–Trinajstić information content (AvgIpc) is 2.93. The fraction of sp³-hybridized carbons (Fsp3) is 0.385. The van der Waals surface area contributed by atoms with Crippen molar-refractivity contribution in [3.8, 4) is 0 Å². The van der Waals surface area contributed by atoms with E-state index >= 15 is 0 Å². The lowest BCUT2D eigenvalue weighted by molar-refractivity contribution is -0.140. The van der Waals surface area contributed by atoms with Crippen molar-refractivity contribution in [3.05, 3.63) is 35.3 Å². The summed E-state index contributed by atoms with van der Waals surface area (Å²) in [6.45, 7) is 0.290. The van der Waals surface area contributed by atoms with Gasteiger partial charge in [-0.25, -0.2) is 0 Å². The van der Waals surface area contributed by atoms with E-state index in [4.69, 9.17) is 16.0 Å².